The van der Waals surface area contributed by atoms with Crippen molar-refractivity contribution in [3.8, 4) is 5.75 Å². The molecule has 1 fully saturated rings. The van der Waals surface area contributed by atoms with Gasteiger partial charge in [-0.25, -0.2) is 8.42 Å². The van der Waals surface area contributed by atoms with Crippen molar-refractivity contribution >= 4 is 27.3 Å². The van der Waals surface area contributed by atoms with E-state index in [9.17, 15) is 18.5 Å². The Kier molecular flexibility index (Phi) is 6.19. The van der Waals surface area contributed by atoms with Crippen LogP contribution in [-0.4, -0.2) is 55.8 Å². The summed E-state index contributed by atoms with van der Waals surface area (Å²) < 4.78 is 32.1. The number of rotatable bonds is 6. The molecule has 8 nitrogen and oxygen atoms in total. The third-order valence-electron chi connectivity index (χ3n) is 4.61. The van der Waals surface area contributed by atoms with Gasteiger partial charge in [0, 0.05) is 43.8 Å². The highest BCUT2D eigenvalue weighted by Gasteiger charge is 2.30. The van der Waals surface area contributed by atoms with Gasteiger partial charge in [-0.3, -0.25) is 15.0 Å². The maximum absolute atomic E-state index is 12.9. The summed E-state index contributed by atoms with van der Waals surface area (Å²) >= 11 is 6.01. The van der Waals surface area contributed by atoms with Crippen LogP contribution in [0.1, 0.15) is 5.56 Å². The predicted molar refractivity (Wildman–Crippen MR) is 105 cm³/mol. The van der Waals surface area contributed by atoms with E-state index in [1.165, 1.54) is 23.5 Å². The van der Waals surface area contributed by atoms with Gasteiger partial charge in [-0.05, 0) is 29.8 Å². The van der Waals surface area contributed by atoms with Gasteiger partial charge < -0.3 is 4.74 Å². The Bertz CT molecular complexity index is 975. The number of benzene rings is 2. The molecule has 1 aliphatic heterocycles. The summed E-state index contributed by atoms with van der Waals surface area (Å²) in [6, 6.07) is 11.2. The predicted octanol–water partition coefficient (Wildman–Crippen LogP) is 2.76. The molecule has 0 unspecified atom stereocenters. The zero-order valence-electron chi connectivity index (χ0n) is 15.2. The lowest BCUT2D eigenvalue weighted by Gasteiger charge is -2.34. The van der Waals surface area contributed by atoms with Crippen LogP contribution in [0, 0.1) is 10.1 Å². The normalized spacial score (nSPS) is 16.1. The van der Waals surface area contributed by atoms with E-state index >= 15 is 0 Å². The van der Waals surface area contributed by atoms with Gasteiger partial charge >= 0.3 is 5.69 Å². The van der Waals surface area contributed by atoms with Crippen LogP contribution in [0.4, 0.5) is 5.69 Å². The van der Waals surface area contributed by atoms with E-state index in [1.54, 1.807) is 0 Å². The van der Waals surface area contributed by atoms with Crippen LogP contribution < -0.4 is 4.74 Å². The molecule has 1 saturated heterocycles. The summed E-state index contributed by atoms with van der Waals surface area (Å²) in [4.78, 5) is 12.6. The minimum absolute atomic E-state index is 0.0234. The van der Waals surface area contributed by atoms with Gasteiger partial charge in [-0.1, -0.05) is 23.7 Å². The van der Waals surface area contributed by atoms with Crippen molar-refractivity contribution in [1.82, 2.24) is 9.21 Å². The number of nitro benzene ring substituents is 1. The van der Waals surface area contributed by atoms with Crippen LogP contribution >= 0.6 is 11.6 Å². The molecule has 0 bridgehead atoms. The minimum atomic E-state index is -3.82. The Labute approximate surface area is 168 Å². The summed E-state index contributed by atoms with van der Waals surface area (Å²) in [6.07, 6.45) is 0. The molecule has 0 aliphatic carbocycles. The summed E-state index contributed by atoms with van der Waals surface area (Å²) in [7, 11) is -2.52. The molecule has 0 atom stereocenters. The number of piperazine rings is 1. The monoisotopic (exact) mass is 425 g/mol. The van der Waals surface area contributed by atoms with Crippen molar-refractivity contribution in [2.75, 3.05) is 33.3 Å². The van der Waals surface area contributed by atoms with Gasteiger partial charge in [0.15, 0.2) is 5.75 Å². The van der Waals surface area contributed by atoms with Crippen LogP contribution in [0.2, 0.25) is 5.02 Å². The number of ether oxygens (including phenoxy) is 1. The van der Waals surface area contributed by atoms with Crippen molar-refractivity contribution in [3.63, 3.8) is 0 Å². The molecule has 0 amide bonds. The zero-order valence-corrected chi connectivity index (χ0v) is 16.8. The van der Waals surface area contributed by atoms with Crippen LogP contribution in [-0.2, 0) is 16.6 Å². The van der Waals surface area contributed by atoms with Gasteiger partial charge in [0.05, 0.1) is 16.9 Å². The average Bonchev–Trinajstić information content (AvgIpc) is 2.68. The van der Waals surface area contributed by atoms with Gasteiger partial charge in [0.1, 0.15) is 0 Å². The topological polar surface area (TPSA) is 93.0 Å². The van der Waals surface area contributed by atoms with E-state index in [0.717, 1.165) is 11.6 Å². The molecule has 28 heavy (non-hydrogen) atoms. The number of hydrogen-bond donors (Lipinski definition) is 0. The van der Waals surface area contributed by atoms with Gasteiger partial charge in [0.2, 0.25) is 10.0 Å². The van der Waals surface area contributed by atoms with Crippen molar-refractivity contribution in [2.24, 2.45) is 0 Å². The van der Waals surface area contributed by atoms with Crippen LogP contribution in [0.25, 0.3) is 0 Å². The Morgan fingerprint density at radius 2 is 1.86 bits per heavy atom. The summed E-state index contributed by atoms with van der Waals surface area (Å²) in [5.74, 6) is 0.0234. The third-order valence-corrected chi connectivity index (χ3v) is 6.74. The second-order valence-corrected chi connectivity index (χ2v) is 8.78. The van der Waals surface area contributed by atoms with Crippen LogP contribution in [0.15, 0.2) is 47.4 Å². The lowest BCUT2D eigenvalue weighted by molar-refractivity contribution is -0.386. The first-order chi connectivity index (χ1) is 13.3. The molecule has 1 aliphatic rings. The standard InChI is InChI=1S/C18H20ClN3O5S/c1-27-18-6-5-16(12-17(18)22(23)24)28(25,26)21-9-7-20(8-10-21)13-14-3-2-4-15(19)11-14/h2-6,11-12H,7-10,13H2,1H3. The molecule has 0 N–H and O–H groups in total. The van der Waals surface area contributed by atoms with Crippen molar-refractivity contribution in [1.29, 1.82) is 0 Å². The van der Waals surface area contributed by atoms with Gasteiger partial charge in [-0.2, -0.15) is 4.31 Å². The largest absolute Gasteiger partial charge is 0.490 e. The molecule has 2 aromatic carbocycles. The summed E-state index contributed by atoms with van der Waals surface area (Å²) in [6.45, 7) is 2.42. The van der Waals surface area contributed by atoms with Crippen LogP contribution in [0.3, 0.4) is 0 Å². The fourth-order valence-electron chi connectivity index (χ4n) is 3.14. The van der Waals surface area contributed by atoms with E-state index in [1.807, 2.05) is 24.3 Å². The smallest absolute Gasteiger partial charge is 0.312 e. The van der Waals surface area contributed by atoms with E-state index in [4.69, 9.17) is 16.3 Å². The number of nitro groups is 1. The van der Waals surface area contributed by atoms with E-state index in [0.29, 0.717) is 37.7 Å². The number of hydrogen-bond acceptors (Lipinski definition) is 6. The zero-order chi connectivity index (χ0) is 20.3. The Balaban J connectivity index is 1.71. The molecule has 3 rings (SSSR count). The summed E-state index contributed by atoms with van der Waals surface area (Å²) in [5.41, 5.74) is 0.692. The fourth-order valence-corrected chi connectivity index (χ4v) is 4.80. The fraction of sp³-hybridized carbons (Fsp3) is 0.333. The SMILES string of the molecule is COc1ccc(S(=O)(=O)N2CCN(Cc3cccc(Cl)c3)CC2)cc1[N+](=O)[O-]. The molecular weight excluding hydrogens is 406 g/mol. The molecule has 2 aromatic rings. The molecule has 0 radical (unpaired) electrons. The van der Waals surface area contributed by atoms with E-state index < -0.39 is 14.9 Å². The highest BCUT2D eigenvalue weighted by Crippen LogP contribution is 2.30. The maximum atomic E-state index is 12.9. The molecule has 10 heteroatoms. The molecule has 1 heterocycles. The Morgan fingerprint density at radius 3 is 2.46 bits per heavy atom. The first-order valence-corrected chi connectivity index (χ1v) is 10.4. The van der Waals surface area contributed by atoms with Crippen molar-refractivity contribution in [3.05, 3.63) is 63.2 Å². The van der Waals surface area contributed by atoms with Gasteiger partial charge in [-0.15, -0.1) is 0 Å². The second kappa shape index (κ2) is 8.44. The molecule has 0 spiro atoms. The summed E-state index contributed by atoms with van der Waals surface area (Å²) in [5, 5.41) is 11.8. The second-order valence-electron chi connectivity index (χ2n) is 6.40. The molecule has 150 valence electrons. The lowest BCUT2D eigenvalue weighted by Crippen LogP contribution is -2.48. The first kappa shape index (κ1) is 20.5. The lowest BCUT2D eigenvalue weighted by atomic mass is 10.2. The molecule has 0 saturated carbocycles. The highest BCUT2D eigenvalue weighted by molar-refractivity contribution is 7.89. The van der Waals surface area contributed by atoms with Crippen molar-refractivity contribution in [2.45, 2.75) is 11.4 Å². The maximum Gasteiger partial charge on any atom is 0.312 e. The number of sulfonamides is 1. The third kappa shape index (κ3) is 4.44. The number of nitrogens with zero attached hydrogens (tertiary/aromatic N) is 3. The quantitative estimate of drug-likeness (QED) is 0.522. The van der Waals surface area contributed by atoms with Gasteiger partial charge in [0.25, 0.3) is 0 Å². The first-order valence-electron chi connectivity index (χ1n) is 8.60. The van der Waals surface area contributed by atoms with Crippen molar-refractivity contribution < 1.29 is 18.1 Å². The number of methoxy groups -OCH3 is 1. The number of halogens is 1. The minimum Gasteiger partial charge on any atom is -0.490 e. The highest BCUT2D eigenvalue weighted by atomic mass is 35.5. The molecule has 0 aromatic heterocycles. The average molecular weight is 426 g/mol. The van der Waals surface area contributed by atoms with E-state index in [-0.39, 0.29) is 16.3 Å². The Morgan fingerprint density at radius 1 is 1.14 bits per heavy atom. The Hall–Kier alpha value is -2.20. The van der Waals surface area contributed by atoms with Crippen LogP contribution in [0.5, 0.6) is 5.75 Å². The van der Waals surface area contributed by atoms with E-state index in [2.05, 4.69) is 4.90 Å². The molecular formula is C18H20ClN3O5S.